The van der Waals surface area contributed by atoms with Crippen molar-refractivity contribution in [1.82, 2.24) is 14.7 Å². The molecule has 5 nitrogen and oxygen atoms in total. The third-order valence-corrected chi connectivity index (χ3v) is 4.24. The minimum Gasteiger partial charge on any atom is -0.497 e. The van der Waals surface area contributed by atoms with E-state index in [4.69, 9.17) is 4.74 Å². The zero-order valence-corrected chi connectivity index (χ0v) is 14.9. The summed E-state index contributed by atoms with van der Waals surface area (Å²) < 4.78 is 7.02. The van der Waals surface area contributed by atoms with Crippen LogP contribution in [0.4, 0.5) is 0 Å². The van der Waals surface area contributed by atoms with Gasteiger partial charge < -0.3 is 9.64 Å². The van der Waals surface area contributed by atoms with Gasteiger partial charge in [-0.3, -0.25) is 9.48 Å². The Hall–Kier alpha value is -2.56. The number of ether oxygens (including phenoxy) is 1. The van der Waals surface area contributed by atoms with Crippen molar-refractivity contribution < 1.29 is 9.53 Å². The summed E-state index contributed by atoms with van der Waals surface area (Å²) in [7, 11) is 1.64. The van der Waals surface area contributed by atoms with Crippen LogP contribution >= 0.6 is 0 Å². The summed E-state index contributed by atoms with van der Waals surface area (Å²) in [6.45, 7) is 11.0. The van der Waals surface area contributed by atoms with E-state index in [0.29, 0.717) is 13.1 Å². The Morgan fingerprint density at radius 2 is 2.12 bits per heavy atom. The van der Waals surface area contributed by atoms with Crippen molar-refractivity contribution in [2.45, 2.75) is 33.9 Å². The lowest BCUT2D eigenvalue weighted by molar-refractivity contribution is -0.132. The molecule has 1 aromatic carbocycles. The van der Waals surface area contributed by atoms with Gasteiger partial charge in [0.2, 0.25) is 5.91 Å². The van der Waals surface area contributed by atoms with Gasteiger partial charge in [0.25, 0.3) is 0 Å². The molecule has 24 heavy (non-hydrogen) atoms. The van der Waals surface area contributed by atoms with Crippen LogP contribution in [0.3, 0.4) is 0 Å². The molecule has 0 aliphatic carbocycles. The molecule has 0 saturated heterocycles. The SMILES string of the molecule is C=CCN(Cc1cccc(OC)c1)C(=O)Cn1nc(C)c(C)c1C. The van der Waals surface area contributed by atoms with E-state index in [-0.39, 0.29) is 12.5 Å². The van der Waals surface area contributed by atoms with Gasteiger partial charge in [-0.15, -0.1) is 6.58 Å². The lowest BCUT2D eigenvalue weighted by atomic mass is 10.2. The van der Waals surface area contributed by atoms with Crippen LogP contribution in [0.15, 0.2) is 36.9 Å². The second-order valence-electron chi connectivity index (χ2n) is 5.87. The Balaban J connectivity index is 2.15. The van der Waals surface area contributed by atoms with Crippen molar-refractivity contribution in [1.29, 1.82) is 0 Å². The number of aromatic nitrogens is 2. The standard InChI is InChI=1S/C19H25N3O2/c1-6-10-21(12-17-8-7-9-18(11-17)24-5)19(23)13-22-16(4)14(2)15(3)20-22/h6-9,11H,1,10,12-13H2,2-5H3. The van der Waals surface area contributed by atoms with Crippen molar-refractivity contribution in [2.75, 3.05) is 13.7 Å². The number of rotatable bonds is 7. The molecule has 0 aliphatic heterocycles. The van der Waals surface area contributed by atoms with E-state index in [9.17, 15) is 4.79 Å². The molecular formula is C19H25N3O2. The summed E-state index contributed by atoms with van der Waals surface area (Å²) in [6.07, 6.45) is 1.74. The predicted octanol–water partition coefficient (Wildman–Crippen LogP) is 3.03. The van der Waals surface area contributed by atoms with E-state index in [2.05, 4.69) is 11.7 Å². The maximum absolute atomic E-state index is 12.7. The second kappa shape index (κ2) is 7.81. The van der Waals surface area contributed by atoms with Crippen molar-refractivity contribution in [3.63, 3.8) is 0 Å². The fraction of sp³-hybridized carbons (Fsp3) is 0.368. The second-order valence-corrected chi connectivity index (χ2v) is 5.87. The number of aryl methyl sites for hydroxylation is 1. The monoisotopic (exact) mass is 327 g/mol. The molecule has 2 rings (SSSR count). The summed E-state index contributed by atoms with van der Waals surface area (Å²) in [6, 6.07) is 7.74. The fourth-order valence-corrected chi connectivity index (χ4v) is 2.57. The van der Waals surface area contributed by atoms with Gasteiger partial charge in [0.1, 0.15) is 12.3 Å². The third-order valence-electron chi connectivity index (χ3n) is 4.24. The number of nitrogens with zero attached hydrogens (tertiary/aromatic N) is 3. The summed E-state index contributed by atoms with van der Waals surface area (Å²) in [4.78, 5) is 14.5. The van der Waals surface area contributed by atoms with Crippen LogP contribution in [-0.2, 0) is 17.9 Å². The number of amides is 1. The molecule has 0 aliphatic rings. The van der Waals surface area contributed by atoms with E-state index in [0.717, 1.165) is 28.3 Å². The molecule has 0 atom stereocenters. The number of methoxy groups -OCH3 is 1. The fourth-order valence-electron chi connectivity index (χ4n) is 2.57. The minimum atomic E-state index is 0.0170. The zero-order chi connectivity index (χ0) is 17.7. The number of hydrogen-bond acceptors (Lipinski definition) is 3. The lowest BCUT2D eigenvalue weighted by Crippen LogP contribution is -2.34. The first-order valence-corrected chi connectivity index (χ1v) is 7.98. The van der Waals surface area contributed by atoms with Crippen LogP contribution in [0.2, 0.25) is 0 Å². The summed E-state index contributed by atoms with van der Waals surface area (Å²) in [5.74, 6) is 0.802. The molecule has 0 radical (unpaired) electrons. The van der Waals surface area contributed by atoms with Crippen molar-refractivity contribution >= 4 is 5.91 Å². The molecule has 5 heteroatoms. The molecule has 2 aromatic rings. The summed E-state index contributed by atoms with van der Waals surface area (Å²) >= 11 is 0. The quantitative estimate of drug-likeness (QED) is 0.734. The number of carbonyl (C=O) groups excluding carboxylic acids is 1. The van der Waals surface area contributed by atoms with Crippen molar-refractivity contribution in [2.24, 2.45) is 0 Å². The molecule has 1 amide bonds. The number of benzene rings is 1. The Morgan fingerprint density at radius 3 is 2.71 bits per heavy atom. The zero-order valence-electron chi connectivity index (χ0n) is 14.9. The van der Waals surface area contributed by atoms with Crippen molar-refractivity contribution in [3.05, 3.63) is 59.4 Å². The first kappa shape index (κ1) is 17.8. The van der Waals surface area contributed by atoms with Gasteiger partial charge in [-0.1, -0.05) is 18.2 Å². The molecule has 0 unspecified atom stereocenters. The van der Waals surface area contributed by atoms with Crippen LogP contribution in [0.25, 0.3) is 0 Å². The van der Waals surface area contributed by atoms with E-state index >= 15 is 0 Å². The average Bonchev–Trinajstić information content (AvgIpc) is 2.81. The Labute approximate surface area is 143 Å². The molecular weight excluding hydrogens is 302 g/mol. The molecule has 0 bridgehead atoms. The van der Waals surface area contributed by atoms with Gasteiger partial charge >= 0.3 is 0 Å². The highest BCUT2D eigenvalue weighted by Crippen LogP contribution is 2.15. The molecule has 0 spiro atoms. The summed E-state index contributed by atoms with van der Waals surface area (Å²) in [5, 5.41) is 4.45. The highest BCUT2D eigenvalue weighted by molar-refractivity contribution is 5.76. The number of hydrogen-bond donors (Lipinski definition) is 0. The molecule has 0 fully saturated rings. The Kier molecular flexibility index (Phi) is 5.79. The van der Waals surface area contributed by atoms with Crippen LogP contribution in [0.5, 0.6) is 5.75 Å². The maximum atomic E-state index is 12.7. The van der Waals surface area contributed by atoms with Gasteiger partial charge in [0, 0.05) is 18.8 Å². The normalized spacial score (nSPS) is 10.5. The molecule has 128 valence electrons. The smallest absolute Gasteiger partial charge is 0.244 e. The van der Waals surface area contributed by atoms with E-state index < -0.39 is 0 Å². The predicted molar refractivity (Wildman–Crippen MR) is 95.0 cm³/mol. The largest absolute Gasteiger partial charge is 0.497 e. The Bertz CT molecular complexity index is 734. The lowest BCUT2D eigenvalue weighted by Gasteiger charge is -2.22. The number of carbonyl (C=O) groups is 1. The summed E-state index contributed by atoms with van der Waals surface area (Å²) in [5.41, 5.74) is 4.14. The van der Waals surface area contributed by atoms with E-state index in [1.54, 1.807) is 22.8 Å². The highest BCUT2D eigenvalue weighted by Gasteiger charge is 2.16. The van der Waals surface area contributed by atoms with Gasteiger partial charge in [0.05, 0.1) is 12.8 Å². The molecule has 0 N–H and O–H groups in total. The highest BCUT2D eigenvalue weighted by atomic mass is 16.5. The topological polar surface area (TPSA) is 47.4 Å². The van der Waals surface area contributed by atoms with Crippen LogP contribution in [0, 0.1) is 20.8 Å². The third kappa shape index (κ3) is 4.04. The van der Waals surface area contributed by atoms with E-state index in [1.807, 2.05) is 45.0 Å². The van der Waals surface area contributed by atoms with Gasteiger partial charge in [-0.25, -0.2) is 0 Å². The van der Waals surface area contributed by atoms with Crippen LogP contribution < -0.4 is 4.74 Å². The van der Waals surface area contributed by atoms with Crippen LogP contribution in [0.1, 0.15) is 22.5 Å². The first-order valence-electron chi connectivity index (χ1n) is 7.98. The first-order chi connectivity index (χ1) is 11.5. The molecule has 0 saturated carbocycles. The Morgan fingerprint density at radius 1 is 1.38 bits per heavy atom. The van der Waals surface area contributed by atoms with Gasteiger partial charge in [-0.2, -0.15) is 5.10 Å². The van der Waals surface area contributed by atoms with Crippen molar-refractivity contribution in [3.8, 4) is 5.75 Å². The van der Waals surface area contributed by atoms with Crippen LogP contribution in [-0.4, -0.2) is 34.2 Å². The maximum Gasteiger partial charge on any atom is 0.244 e. The molecule has 1 heterocycles. The average molecular weight is 327 g/mol. The van der Waals surface area contributed by atoms with E-state index in [1.165, 1.54) is 0 Å². The van der Waals surface area contributed by atoms with Gasteiger partial charge in [-0.05, 0) is 44.0 Å². The van der Waals surface area contributed by atoms with Gasteiger partial charge in [0.15, 0.2) is 0 Å². The minimum absolute atomic E-state index is 0.0170. The molecule has 1 aromatic heterocycles.